The van der Waals surface area contributed by atoms with Crippen molar-refractivity contribution >= 4 is 5.69 Å². The van der Waals surface area contributed by atoms with E-state index in [2.05, 4.69) is 49.9 Å². The molecule has 3 atom stereocenters. The first kappa shape index (κ1) is 14.4. The third-order valence-electron chi connectivity index (χ3n) is 4.60. The number of hydrogen-bond acceptors (Lipinski definition) is 2. The third kappa shape index (κ3) is 3.50. The van der Waals surface area contributed by atoms with Gasteiger partial charge in [-0.1, -0.05) is 25.1 Å². The molecule has 1 aliphatic rings. The fourth-order valence-electron chi connectivity index (χ4n) is 3.33. The second-order valence-electron chi connectivity index (χ2n) is 6.17. The smallest absolute Gasteiger partial charge is 0.0395 e. The van der Waals surface area contributed by atoms with Gasteiger partial charge in [-0.25, -0.2) is 0 Å². The van der Waals surface area contributed by atoms with E-state index in [4.69, 9.17) is 5.73 Å². The summed E-state index contributed by atoms with van der Waals surface area (Å²) in [6.45, 7) is 8.96. The second kappa shape index (κ2) is 6.42. The molecule has 2 rings (SSSR count). The number of nitrogens with two attached hydrogens (primary N) is 1. The molecule has 1 aromatic rings. The molecule has 3 unspecified atom stereocenters. The van der Waals surface area contributed by atoms with E-state index in [0.717, 1.165) is 19.0 Å². The van der Waals surface area contributed by atoms with Crippen LogP contribution >= 0.6 is 0 Å². The van der Waals surface area contributed by atoms with Gasteiger partial charge in [-0.05, 0) is 56.6 Å². The van der Waals surface area contributed by atoms with E-state index in [1.807, 2.05) is 0 Å². The Morgan fingerprint density at radius 2 is 2.00 bits per heavy atom. The van der Waals surface area contributed by atoms with Crippen LogP contribution in [-0.2, 0) is 0 Å². The molecule has 0 amide bonds. The van der Waals surface area contributed by atoms with E-state index in [-0.39, 0.29) is 0 Å². The van der Waals surface area contributed by atoms with E-state index in [0.29, 0.717) is 12.0 Å². The highest BCUT2D eigenvalue weighted by atomic mass is 15.1. The van der Waals surface area contributed by atoms with Crippen LogP contribution < -0.4 is 10.6 Å². The Morgan fingerprint density at radius 3 is 2.68 bits per heavy atom. The third-order valence-corrected chi connectivity index (χ3v) is 4.60. The van der Waals surface area contributed by atoms with Crippen molar-refractivity contribution in [2.75, 3.05) is 18.0 Å². The minimum absolute atomic E-state index is 0.384. The predicted octanol–water partition coefficient (Wildman–Crippen LogP) is 3.58. The molecule has 2 N–H and O–H groups in total. The largest absolute Gasteiger partial charge is 0.371 e. The fourth-order valence-corrected chi connectivity index (χ4v) is 3.33. The van der Waals surface area contributed by atoms with Gasteiger partial charge in [0, 0.05) is 24.8 Å². The summed E-state index contributed by atoms with van der Waals surface area (Å²) in [7, 11) is 0. The van der Waals surface area contributed by atoms with Crippen molar-refractivity contribution in [3.8, 4) is 0 Å². The second-order valence-corrected chi connectivity index (χ2v) is 6.17. The van der Waals surface area contributed by atoms with Gasteiger partial charge in [-0.3, -0.25) is 0 Å². The molecule has 1 fully saturated rings. The minimum atomic E-state index is 0.384. The molecule has 19 heavy (non-hydrogen) atoms. The molecule has 106 valence electrons. The Bertz CT molecular complexity index is 402. The summed E-state index contributed by atoms with van der Waals surface area (Å²) in [5.41, 5.74) is 9.07. The average Bonchev–Trinajstić information content (AvgIpc) is 2.41. The van der Waals surface area contributed by atoms with E-state index < -0.39 is 0 Å². The lowest BCUT2D eigenvalue weighted by atomic mass is 9.79. The first-order valence-electron chi connectivity index (χ1n) is 7.68. The maximum Gasteiger partial charge on any atom is 0.0395 e. The summed E-state index contributed by atoms with van der Waals surface area (Å²) in [6, 6.07) is 9.06. The van der Waals surface area contributed by atoms with Crippen molar-refractivity contribution < 1.29 is 0 Å². The van der Waals surface area contributed by atoms with Gasteiger partial charge in [-0.2, -0.15) is 0 Å². The Labute approximate surface area is 118 Å². The van der Waals surface area contributed by atoms with Crippen LogP contribution in [0.5, 0.6) is 0 Å². The van der Waals surface area contributed by atoms with Crippen molar-refractivity contribution in [2.24, 2.45) is 17.6 Å². The summed E-state index contributed by atoms with van der Waals surface area (Å²) >= 11 is 0. The van der Waals surface area contributed by atoms with Crippen LogP contribution in [0.3, 0.4) is 0 Å². The summed E-state index contributed by atoms with van der Waals surface area (Å²) in [5.74, 6) is 1.48. The predicted molar refractivity (Wildman–Crippen MR) is 83.5 cm³/mol. The van der Waals surface area contributed by atoms with Crippen molar-refractivity contribution in [1.29, 1.82) is 0 Å². The maximum atomic E-state index is 6.33. The van der Waals surface area contributed by atoms with Gasteiger partial charge in [-0.15, -0.1) is 0 Å². The van der Waals surface area contributed by atoms with Crippen LogP contribution in [0.1, 0.15) is 38.7 Å². The Morgan fingerprint density at radius 1 is 1.26 bits per heavy atom. The Kier molecular flexibility index (Phi) is 4.87. The number of benzene rings is 1. The first-order valence-corrected chi connectivity index (χ1v) is 7.68. The summed E-state index contributed by atoms with van der Waals surface area (Å²) in [6.07, 6.45) is 3.77. The van der Waals surface area contributed by atoms with Gasteiger partial charge < -0.3 is 10.6 Å². The first-order chi connectivity index (χ1) is 9.11. The van der Waals surface area contributed by atoms with Crippen molar-refractivity contribution in [2.45, 2.75) is 46.1 Å². The van der Waals surface area contributed by atoms with E-state index in [1.165, 1.54) is 30.5 Å². The van der Waals surface area contributed by atoms with Crippen LogP contribution in [-0.4, -0.2) is 19.1 Å². The molecule has 0 heterocycles. The summed E-state index contributed by atoms with van der Waals surface area (Å²) in [5, 5.41) is 0. The monoisotopic (exact) mass is 260 g/mol. The van der Waals surface area contributed by atoms with E-state index in [1.54, 1.807) is 0 Å². The quantitative estimate of drug-likeness (QED) is 0.896. The van der Waals surface area contributed by atoms with Gasteiger partial charge in [0.15, 0.2) is 0 Å². The number of aryl methyl sites for hydroxylation is 1. The van der Waals surface area contributed by atoms with Crippen LogP contribution in [0.2, 0.25) is 0 Å². The summed E-state index contributed by atoms with van der Waals surface area (Å²) in [4.78, 5) is 2.50. The highest BCUT2D eigenvalue weighted by Gasteiger charge is 2.27. The van der Waals surface area contributed by atoms with Gasteiger partial charge in [0.1, 0.15) is 0 Å². The lowest BCUT2D eigenvalue weighted by Crippen LogP contribution is -2.43. The maximum absolute atomic E-state index is 6.33. The van der Waals surface area contributed by atoms with Gasteiger partial charge in [0.05, 0.1) is 0 Å². The molecule has 0 aliphatic heterocycles. The Balaban J connectivity index is 2.08. The van der Waals surface area contributed by atoms with E-state index in [9.17, 15) is 0 Å². The molecule has 1 aromatic carbocycles. The number of anilines is 1. The zero-order valence-electron chi connectivity index (χ0n) is 12.6. The summed E-state index contributed by atoms with van der Waals surface area (Å²) < 4.78 is 0. The highest BCUT2D eigenvalue weighted by Crippen LogP contribution is 2.30. The van der Waals surface area contributed by atoms with Crippen LogP contribution in [0.25, 0.3) is 0 Å². The van der Waals surface area contributed by atoms with Crippen molar-refractivity contribution in [3.63, 3.8) is 0 Å². The van der Waals surface area contributed by atoms with Crippen LogP contribution in [0.15, 0.2) is 24.3 Å². The van der Waals surface area contributed by atoms with Crippen LogP contribution in [0, 0.1) is 18.8 Å². The number of hydrogen-bond donors (Lipinski definition) is 1. The number of rotatable bonds is 4. The Hall–Kier alpha value is -1.02. The minimum Gasteiger partial charge on any atom is -0.371 e. The van der Waals surface area contributed by atoms with Crippen molar-refractivity contribution in [3.05, 3.63) is 29.8 Å². The van der Waals surface area contributed by atoms with Gasteiger partial charge in [0.2, 0.25) is 0 Å². The van der Waals surface area contributed by atoms with Crippen LogP contribution in [0.4, 0.5) is 5.69 Å². The molecule has 1 saturated carbocycles. The molecule has 0 saturated heterocycles. The molecule has 2 heteroatoms. The molecule has 0 aromatic heterocycles. The molecule has 0 radical (unpaired) electrons. The number of nitrogens with zero attached hydrogens (tertiary/aromatic N) is 1. The zero-order valence-corrected chi connectivity index (χ0v) is 12.6. The number of para-hydroxylation sites is 1. The molecule has 2 nitrogen and oxygen atoms in total. The molecule has 0 spiro atoms. The fraction of sp³-hybridized carbons (Fsp3) is 0.647. The highest BCUT2D eigenvalue weighted by molar-refractivity contribution is 5.52. The topological polar surface area (TPSA) is 29.3 Å². The van der Waals surface area contributed by atoms with Gasteiger partial charge >= 0.3 is 0 Å². The molecular weight excluding hydrogens is 232 g/mol. The lowest BCUT2D eigenvalue weighted by Gasteiger charge is -2.37. The lowest BCUT2D eigenvalue weighted by molar-refractivity contribution is 0.248. The standard InChI is InChI=1S/C17H28N2/c1-4-19(17-8-6-5-7-14(17)3)12-15-11-13(2)9-10-16(15)18/h5-8,13,15-16H,4,9-12,18H2,1-3H3. The SMILES string of the molecule is CCN(CC1CC(C)CCC1N)c1ccccc1C. The average molecular weight is 260 g/mol. The zero-order chi connectivity index (χ0) is 13.8. The molecule has 0 bridgehead atoms. The van der Waals surface area contributed by atoms with Gasteiger partial charge in [0.25, 0.3) is 0 Å². The van der Waals surface area contributed by atoms with E-state index >= 15 is 0 Å². The normalized spacial score (nSPS) is 27.3. The molecule has 1 aliphatic carbocycles. The molecular formula is C17H28N2. The van der Waals surface area contributed by atoms with Crippen molar-refractivity contribution in [1.82, 2.24) is 0 Å².